The molecule has 4 bridgehead atoms. The molecular weight excluding hydrogens is 354 g/mol. The Morgan fingerprint density at radius 2 is 1.71 bits per heavy atom. The van der Waals surface area contributed by atoms with Crippen LogP contribution in [0.3, 0.4) is 0 Å². The Morgan fingerprint density at radius 1 is 1.11 bits per heavy atom. The number of ether oxygens (including phenoxy) is 2. The van der Waals surface area contributed by atoms with Gasteiger partial charge in [-0.25, -0.2) is 0 Å². The maximum atomic E-state index is 12.4. The fraction of sp³-hybridized carbons (Fsp3) is 0.652. The Labute approximate surface area is 167 Å². The lowest BCUT2D eigenvalue weighted by Crippen LogP contribution is -2.56. The SMILES string of the molecule is COc1ccccc1CC(=O)OCC(=O)N[C@@H](C)C12CC3CC(CC(C3)C1)C2. The van der Waals surface area contributed by atoms with Gasteiger partial charge >= 0.3 is 5.97 Å². The van der Waals surface area contributed by atoms with Gasteiger partial charge in [0, 0.05) is 11.6 Å². The van der Waals surface area contributed by atoms with Crippen LogP contribution in [0.4, 0.5) is 0 Å². The summed E-state index contributed by atoms with van der Waals surface area (Å²) >= 11 is 0. The van der Waals surface area contributed by atoms with Gasteiger partial charge in [0.1, 0.15) is 5.75 Å². The second-order valence-corrected chi connectivity index (χ2v) is 9.22. The molecule has 4 fully saturated rings. The Kier molecular flexibility index (Phi) is 5.35. The van der Waals surface area contributed by atoms with Gasteiger partial charge in [0.05, 0.1) is 13.5 Å². The molecule has 28 heavy (non-hydrogen) atoms. The van der Waals surface area contributed by atoms with Crippen LogP contribution in [-0.4, -0.2) is 31.6 Å². The molecule has 1 N–H and O–H groups in total. The zero-order valence-electron chi connectivity index (χ0n) is 16.9. The first kappa shape index (κ1) is 19.3. The number of amides is 1. The highest BCUT2D eigenvalue weighted by Crippen LogP contribution is 2.61. The summed E-state index contributed by atoms with van der Waals surface area (Å²) in [5.74, 6) is 2.59. The van der Waals surface area contributed by atoms with Crippen molar-refractivity contribution in [2.75, 3.05) is 13.7 Å². The van der Waals surface area contributed by atoms with Gasteiger partial charge < -0.3 is 14.8 Å². The van der Waals surface area contributed by atoms with E-state index in [-0.39, 0.29) is 30.4 Å². The fourth-order valence-corrected chi connectivity index (χ4v) is 6.35. The Morgan fingerprint density at radius 3 is 2.32 bits per heavy atom. The lowest BCUT2D eigenvalue weighted by molar-refractivity contribution is -0.148. The standard InChI is InChI=1S/C23H31NO4/c1-15(23-11-16-7-17(12-23)9-18(8-16)13-23)24-21(25)14-28-22(26)10-19-5-3-4-6-20(19)27-2/h3-6,15-18H,7-14H2,1-2H3,(H,24,25)/t15-,16?,17?,18?,23?/m0/s1. The van der Waals surface area contributed by atoms with Crippen molar-refractivity contribution >= 4 is 11.9 Å². The predicted molar refractivity (Wildman–Crippen MR) is 106 cm³/mol. The highest BCUT2D eigenvalue weighted by Gasteiger charge is 2.53. The third-order valence-corrected chi connectivity index (χ3v) is 7.27. The van der Waals surface area contributed by atoms with Crippen LogP contribution in [0.5, 0.6) is 5.75 Å². The molecule has 0 heterocycles. The van der Waals surface area contributed by atoms with E-state index >= 15 is 0 Å². The van der Waals surface area contributed by atoms with Crippen LogP contribution < -0.4 is 10.1 Å². The van der Waals surface area contributed by atoms with E-state index in [2.05, 4.69) is 12.2 Å². The number of methoxy groups -OCH3 is 1. The van der Waals surface area contributed by atoms with Gasteiger partial charge in [0.25, 0.3) is 5.91 Å². The average Bonchev–Trinajstić information content (AvgIpc) is 2.66. The highest BCUT2D eigenvalue weighted by atomic mass is 16.5. The summed E-state index contributed by atoms with van der Waals surface area (Å²) in [4.78, 5) is 24.5. The van der Waals surface area contributed by atoms with E-state index in [1.807, 2.05) is 24.3 Å². The summed E-state index contributed by atoms with van der Waals surface area (Å²) in [7, 11) is 1.57. The molecule has 0 aromatic heterocycles. The van der Waals surface area contributed by atoms with Crippen LogP contribution in [0.15, 0.2) is 24.3 Å². The molecule has 1 aromatic rings. The molecule has 4 saturated carbocycles. The van der Waals surface area contributed by atoms with Crippen molar-refractivity contribution in [2.24, 2.45) is 23.2 Å². The van der Waals surface area contributed by atoms with Crippen molar-refractivity contribution in [1.29, 1.82) is 0 Å². The minimum Gasteiger partial charge on any atom is -0.496 e. The molecule has 0 aliphatic heterocycles. The van der Waals surface area contributed by atoms with Gasteiger partial charge in [-0.1, -0.05) is 18.2 Å². The molecule has 152 valence electrons. The fourth-order valence-electron chi connectivity index (χ4n) is 6.35. The molecule has 5 nitrogen and oxygen atoms in total. The lowest BCUT2D eigenvalue weighted by atomic mass is 9.48. The van der Waals surface area contributed by atoms with E-state index < -0.39 is 5.97 Å². The van der Waals surface area contributed by atoms with Gasteiger partial charge in [-0.2, -0.15) is 0 Å². The van der Waals surface area contributed by atoms with E-state index in [0.717, 1.165) is 23.3 Å². The first-order chi connectivity index (χ1) is 13.5. The van der Waals surface area contributed by atoms with Crippen LogP contribution >= 0.6 is 0 Å². The first-order valence-electron chi connectivity index (χ1n) is 10.5. The summed E-state index contributed by atoms with van der Waals surface area (Å²) in [6.07, 6.45) is 8.00. The van der Waals surface area contributed by atoms with Crippen molar-refractivity contribution in [3.63, 3.8) is 0 Å². The van der Waals surface area contributed by atoms with Crippen LogP contribution in [0.2, 0.25) is 0 Å². The third kappa shape index (κ3) is 3.89. The number of carbonyl (C=O) groups is 2. The van der Waals surface area contributed by atoms with E-state index in [1.54, 1.807) is 7.11 Å². The van der Waals surface area contributed by atoms with Crippen molar-refractivity contribution in [2.45, 2.75) is 57.9 Å². The summed E-state index contributed by atoms with van der Waals surface area (Å²) < 4.78 is 10.5. The monoisotopic (exact) mass is 385 g/mol. The molecule has 4 aliphatic carbocycles. The van der Waals surface area contributed by atoms with E-state index in [9.17, 15) is 9.59 Å². The number of carbonyl (C=O) groups excluding carboxylic acids is 2. The lowest BCUT2D eigenvalue weighted by Gasteiger charge is -2.59. The molecule has 0 unspecified atom stereocenters. The quantitative estimate of drug-likeness (QED) is 0.730. The van der Waals surface area contributed by atoms with E-state index in [0.29, 0.717) is 5.75 Å². The molecule has 5 heteroatoms. The largest absolute Gasteiger partial charge is 0.496 e. The van der Waals surface area contributed by atoms with Gasteiger partial charge in [-0.15, -0.1) is 0 Å². The maximum absolute atomic E-state index is 12.4. The van der Waals surface area contributed by atoms with Crippen molar-refractivity contribution in [1.82, 2.24) is 5.32 Å². The zero-order chi connectivity index (χ0) is 19.7. The number of hydrogen-bond donors (Lipinski definition) is 1. The van der Waals surface area contributed by atoms with Crippen molar-refractivity contribution < 1.29 is 19.1 Å². The number of para-hydroxylation sites is 1. The number of nitrogens with one attached hydrogen (secondary N) is 1. The molecule has 4 aliphatic rings. The molecular formula is C23H31NO4. The smallest absolute Gasteiger partial charge is 0.310 e. The summed E-state index contributed by atoms with van der Waals surface area (Å²) in [6.45, 7) is 1.92. The second-order valence-electron chi connectivity index (χ2n) is 9.22. The molecule has 0 spiro atoms. The van der Waals surface area contributed by atoms with Crippen molar-refractivity contribution in [3.05, 3.63) is 29.8 Å². The topological polar surface area (TPSA) is 64.6 Å². The zero-order valence-corrected chi connectivity index (χ0v) is 16.9. The molecule has 0 radical (unpaired) electrons. The highest BCUT2D eigenvalue weighted by molar-refractivity contribution is 5.81. The van der Waals surface area contributed by atoms with Gasteiger partial charge in [0.2, 0.25) is 0 Å². The molecule has 1 aromatic carbocycles. The summed E-state index contributed by atoms with van der Waals surface area (Å²) in [5, 5.41) is 3.14. The van der Waals surface area contributed by atoms with Gasteiger partial charge in [-0.3, -0.25) is 9.59 Å². The van der Waals surface area contributed by atoms with Crippen molar-refractivity contribution in [3.8, 4) is 5.75 Å². The molecule has 5 rings (SSSR count). The average molecular weight is 386 g/mol. The van der Waals surface area contributed by atoms with Gasteiger partial charge in [0.15, 0.2) is 6.61 Å². The normalized spacial score (nSPS) is 31.3. The molecule has 1 atom stereocenters. The van der Waals surface area contributed by atoms with Crippen LogP contribution in [0.1, 0.15) is 51.0 Å². The minimum atomic E-state index is -0.415. The van der Waals surface area contributed by atoms with Gasteiger partial charge in [-0.05, 0) is 74.7 Å². The predicted octanol–water partition coefficient (Wildman–Crippen LogP) is 3.50. The maximum Gasteiger partial charge on any atom is 0.310 e. The number of hydrogen-bond acceptors (Lipinski definition) is 4. The van der Waals surface area contributed by atoms with E-state index in [1.165, 1.54) is 38.5 Å². The van der Waals surface area contributed by atoms with Crippen LogP contribution in [-0.2, 0) is 20.7 Å². The molecule has 0 saturated heterocycles. The molecule has 1 amide bonds. The number of rotatable bonds is 7. The minimum absolute atomic E-state index is 0.0990. The second kappa shape index (κ2) is 7.76. The Hall–Kier alpha value is -2.04. The first-order valence-corrected chi connectivity index (χ1v) is 10.5. The Bertz CT molecular complexity index is 709. The number of esters is 1. The van der Waals surface area contributed by atoms with Crippen LogP contribution in [0, 0.1) is 23.2 Å². The summed E-state index contributed by atoms with van der Waals surface area (Å²) in [5.41, 5.74) is 1.02. The third-order valence-electron chi connectivity index (χ3n) is 7.27. The number of benzene rings is 1. The van der Waals surface area contributed by atoms with Crippen LogP contribution in [0.25, 0.3) is 0 Å². The van der Waals surface area contributed by atoms with E-state index in [4.69, 9.17) is 9.47 Å². The summed E-state index contributed by atoms with van der Waals surface area (Å²) in [6, 6.07) is 7.48. The Balaban J connectivity index is 1.27.